The zero-order chi connectivity index (χ0) is 29.1. The summed E-state index contributed by atoms with van der Waals surface area (Å²) in [6.07, 6.45) is 41.1. The third-order valence-corrected chi connectivity index (χ3v) is 9.05. The van der Waals surface area contributed by atoms with E-state index in [0.29, 0.717) is 0 Å². The number of benzene rings is 1. The second-order valence-electron chi connectivity index (χ2n) is 12.9. The van der Waals surface area contributed by atoms with Crippen molar-refractivity contribution in [3.8, 4) is 0 Å². The molecule has 41 heavy (non-hydrogen) atoms. The first-order valence-corrected chi connectivity index (χ1v) is 18.5. The van der Waals surface area contributed by atoms with Crippen LogP contribution in [0.4, 0.5) is 0 Å². The van der Waals surface area contributed by atoms with Crippen LogP contribution in [0.25, 0.3) is 0 Å². The SMILES string of the molecule is CCCCCCCCCCCCCCCc1n(CCCCCCCCCCCC)cc[n+]1CCCc1ccccc1. The van der Waals surface area contributed by atoms with Crippen molar-refractivity contribution in [2.75, 3.05) is 0 Å². The largest absolute Gasteiger partial charge is 0.256 e. The topological polar surface area (TPSA) is 8.81 Å². The Morgan fingerprint density at radius 2 is 0.951 bits per heavy atom. The summed E-state index contributed by atoms with van der Waals surface area (Å²) in [5, 5.41) is 0. The van der Waals surface area contributed by atoms with E-state index >= 15 is 0 Å². The fourth-order valence-corrected chi connectivity index (χ4v) is 6.36. The van der Waals surface area contributed by atoms with Crippen molar-refractivity contribution in [2.45, 2.75) is 194 Å². The van der Waals surface area contributed by atoms with Gasteiger partial charge in [0.2, 0.25) is 0 Å². The van der Waals surface area contributed by atoms with Gasteiger partial charge in [0.1, 0.15) is 12.4 Å². The van der Waals surface area contributed by atoms with E-state index in [2.05, 4.69) is 65.7 Å². The molecule has 0 unspecified atom stereocenters. The summed E-state index contributed by atoms with van der Waals surface area (Å²) in [7, 11) is 0. The van der Waals surface area contributed by atoms with Crippen LogP contribution in [0.5, 0.6) is 0 Å². The lowest BCUT2D eigenvalue weighted by Gasteiger charge is -2.07. The summed E-state index contributed by atoms with van der Waals surface area (Å²) in [4.78, 5) is 0. The van der Waals surface area contributed by atoms with Crippen LogP contribution >= 0.6 is 0 Å². The molecule has 0 bridgehead atoms. The maximum absolute atomic E-state index is 2.60. The first-order valence-electron chi connectivity index (χ1n) is 18.5. The van der Waals surface area contributed by atoms with Crippen molar-refractivity contribution >= 4 is 0 Å². The average molecular weight is 566 g/mol. The maximum Gasteiger partial charge on any atom is 0.256 e. The monoisotopic (exact) mass is 566 g/mol. The van der Waals surface area contributed by atoms with Gasteiger partial charge in [-0.1, -0.05) is 173 Å². The fourth-order valence-electron chi connectivity index (χ4n) is 6.36. The van der Waals surface area contributed by atoms with E-state index < -0.39 is 0 Å². The van der Waals surface area contributed by atoms with Gasteiger partial charge in [-0.05, 0) is 37.7 Å². The zero-order valence-electron chi connectivity index (χ0n) is 27.7. The van der Waals surface area contributed by atoms with Crippen LogP contribution < -0.4 is 4.57 Å². The molecule has 0 saturated carbocycles. The molecule has 0 aliphatic heterocycles. The Morgan fingerprint density at radius 1 is 0.488 bits per heavy atom. The zero-order valence-corrected chi connectivity index (χ0v) is 27.7. The highest BCUT2D eigenvalue weighted by Crippen LogP contribution is 2.15. The average Bonchev–Trinajstić information content (AvgIpc) is 3.38. The standard InChI is InChI=1S/C39H69N2/c1-3-5-7-9-11-13-15-16-17-18-20-22-27-33-39-40(34-28-23-21-19-14-12-10-8-6-4-2)36-37-41(39)35-29-32-38-30-25-24-26-31-38/h24-26,30-31,36-37H,3-23,27-29,32-35H2,1-2H3/q+1. The summed E-state index contributed by atoms with van der Waals surface area (Å²) >= 11 is 0. The summed E-state index contributed by atoms with van der Waals surface area (Å²) in [6.45, 7) is 6.97. The van der Waals surface area contributed by atoms with E-state index in [-0.39, 0.29) is 0 Å². The quantitative estimate of drug-likeness (QED) is 0.0685. The lowest BCUT2D eigenvalue weighted by atomic mass is 10.0. The normalized spacial score (nSPS) is 11.5. The molecule has 2 nitrogen and oxygen atoms in total. The molecule has 0 aliphatic carbocycles. The third kappa shape index (κ3) is 18.6. The lowest BCUT2D eigenvalue weighted by Crippen LogP contribution is -2.37. The molecule has 1 aromatic carbocycles. The number of unbranched alkanes of at least 4 members (excludes halogenated alkanes) is 21. The van der Waals surface area contributed by atoms with Gasteiger partial charge >= 0.3 is 0 Å². The summed E-state index contributed by atoms with van der Waals surface area (Å²) in [6, 6.07) is 11.0. The van der Waals surface area contributed by atoms with Gasteiger partial charge in [-0.2, -0.15) is 0 Å². The molecule has 0 spiro atoms. The van der Waals surface area contributed by atoms with Crippen LogP contribution in [-0.2, 0) is 25.9 Å². The molecule has 2 rings (SSSR count). The van der Waals surface area contributed by atoms with Crippen LogP contribution in [-0.4, -0.2) is 4.57 Å². The highest BCUT2D eigenvalue weighted by atomic mass is 15.1. The molecule has 0 radical (unpaired) electrons. The van der Waals surface area contributed by atoms with Crippen LogP contribution in [0.2, 0.25) is 0 Å². The van der Waals surface area contributed by atoms with Gasteiger partial charge in [0.05, 0.1) is 13.1 Å². The van der Waals surface area contributed by atoms with Gasteiger partial charge in [0.25, 0.3) is 5.82 Å². The Balaban J connectivity index is 1.65. The Labute approximate surface area is 256 Å². The van der Waals surface area contributed by atoms with E-state index in [4.69, 9.17) is 0 Å². The van der Waals surface area contributed by atoms with Gasteiger partial charge < -0.3 is 0 Å². The second-order valence-corrected chi connectivity index (χ2v) is 12.9. The minimum atomic E-state index is 1.15. The van der Waals surface area contributed by atoms with Crippen LogP contribution in [0.15, 0.2) is 42.7 Å². The number of nitrogens with zero attached hydrogens (tertiary/aromatic N) is 2. The minimum Gasteiger partial charge on any atom is -0.234 e. The van der Waals surface area contributed by atoms with E-state index in [9.17, 15) is 0 Å². The Kier molecular flexibility index (Phi) is 22.7. The number of hydrogen-bond acceptors (Lipinski definition) is 0. The van der Waals surface area contributed by atoms with Crippen LogP contribution in [0.1, 0.15) is 179 Å². The van der Waals surface area contributed by atoms with Gasteiger partial charge in [-0.15, -0.1) is 0 Å². The van der Waals surface area contributed by atoms with Crippen molar-refractivity contribution < 1.29 is 4.57 Å². The van der Waals surface area contributed by atoms with Crippen molar-refractivity contribution in [3.05, 3.63) is 54.1 Å². The molecule has 0 fully saturated rings. The van der Waals surface area contributed by atoms with Crippen LogP contribution in [0, 0.1) is 0 Å². The van der Waals surface area contributed by atoms with Gasteiger partial charge in [-0.25, -0.2) is 9.13 Å². The molecule has 234 valence electrons. The number of aromatic nitrogens is 2. The molecular weight excluding hydrogens is 496 g/mol. The molecule has 0 amide bonds. The van der Waals surface area contributed by atoms with E-state index in [1.165, 1.54) is 179 Å². The van der Waals surface area contributed by atoms with Gasteiger partial charge in [-0.3, -0.25) is 0 Å². The molecule has 1 aromatic heterocycles. The second kappa shape index (κ2) is 26.1. The molecular formula is C39H69N2+. The fraction of sp³-hybridized carbons (Fsp3) is 0.769. The van der Waals surface area contributed by atoms with Gasteiger partial charge in [0.15, 0.2) is 0 Å². The highest BCUT2D eigenvalue weighted by molar-refractivity contribution is 5.14. The minimum absolute atomic E-state index is 1.15. The Morgan fingerprint density at radius 3 is 1.46 bits per heavy atom. The lowest BCUT2D eigenvalue weighted by molar-refractivity contribution is -0.704. The molecule has 2 heteroatoms. The van der Waals surface area contributed by atoms with Crippen LogP contribution in [0.3, 0.4) is 0 Å². The maximum atomic E-state index is 2.60. The molecule has 0 N–H and O–H groups in total. The summed E-state index contributed by atoms with van der Waals surface area (Å²) in [5.74, 6) is 1.58. The first kappa shape index (κ1) is 35.6. The van der Waals surface area contributed by atoms with Crippen molar-refractivity contribution in [1.29, 1.82) is 0 Å². The van der Waals surface area contributed by atoms with Crippen molar-refractivity contribution in [3.63, 3.8) is 0 Å². The highest BCUT2D eigenvalue weighted by Gasteiger charge is 2.16. The third-order valence-electron chi connectivity index (χ3n) is 9.05. The number of imidazole rings is 1. The predicted octanol–water partition coefficient (Wildman–Crippen LogP) is 12.0. The number of hydrogen-bond donors (Lipinski definition) is 0. The summed E-state index contributed by atoms with van der Waals surface area (Å²) < 4.78 is 5.19. The molecule has 0 atom stereocenters. The van der Waals surface area contributed by atoms with E-state index in [0.717, 1.165) is 6.54 Å². The number of rotatable bonds is 29. The van der Waals surface area contributed by atoms with Crippen molar-refractivity contribution in [1.82, 2.24) is 4.57 Å². The van der Waals surface area contributed by atoms with Crippen molar-refractivity contribution in [2.24, 2.45) is 0 Å². The molecule has 1 heterocycles. The number of aryl methyl sites for hydroxylation is 3. The molecule has 2 aromatic rings. The van der Waals surface area contributed by atoms with Gasteiger partial charge in [0, 0.05) is 6.42 Å². The molecule has 0 saturated heterocycles. The molecule has 0 aliphatic rings. The smallest absolute Gasteiger partial charge is 0.234 e. The predicted molar refractivity (Wildman–Crippen MR) is 181 cm³/mol. The van der Waals surface area contributed by atoms with E-state index in [1.807, 2.05) is 0 Å². The first-order chi connectivity index (χ1) is 20.3. The summed E-state index contributed by atoms with van der Waals surface area (Å²) in [5.41, 5.74) is 1.47. The van der Waals surface area contributed by atoms with E-state index in [1.54, 1.807) is 5.82 Å². The Hall–Kier alpha value is -1.57. The Bertz CT molecular complexity index is 808.